The lowest BCUT2D eigenvalue weighted by molar-refractivity contribution is -0.123. The van der Waals surface area contributed by atoms with Gasteiger partial charge >= 0.3 is 0 Å². The number of methoxy groups -OCH3 is 2. The summed E-state index contributed by atoms with van der Waals surface area (Å²) in [5, 5.41) is 6.24. The molecule has 0 aromatic heterocycles. The van der Waals surface area contributed by atoms with E-state index in [1.807, 2.05) is 12.1 Å². The highest BCUT2D eigenvalue weighted by Crippen LogP contribution is 2.29. The third-order valence-corrected chi connectivity index (χ3v) is 7.77. The van der Waals surface area contributed by atoms with E-state index in [9.17, 15) is 9.59 Å². The Morgan fingerprint density at radius 3 is 2.22 bits per heavy atom. The number of hydrogen-bond acceptors (Lipinski definition) is 5. The van der Waals surface area contributed by atoms with Crippen molar-refractivity contribution in [3.63, 3.8) is 0 Å². The standard InChI is InChI=1S/C30H47N3O4/c1-4-11-28(33-29(34)20-24-16-17-26(36-2)27(19-24)37-3)32-25(18-22-12-7-5-8-13-22)30(35)31-21-23-14-9-6-10-15-23/h16-17,19,22-23,25H,4-15,18,20-21H2,1-3H3,(H,31,35)(H,32,33,34). The molecule has 7 nitrogen and oxygen atoms in total. The Labute approximate surface area is 223 Å². The molecule has 0 bridgehead atoms. The van der Waals surface area contributed by atoms with Crippen molar-refractivity contribution in [3.8, 4) is 11.5 Å². The van der Waals surface area contributed by atoms with Crippen LogP contribution in [-0.4, -0.2) is 44.5 Å². The van der Waals surface area contributed by atoms with E-state index in [-0.39, 0.29) is 18.2 Å². The summed E-state index contributed by atoms with van der Waals surface area (Å²) in [6.07, 6.45) is 14.7. The van der Waals surface area contributed by atoms with E-state index in [4.69, 9.17) is 14.5 Å². The molecule has 2 fully saturated rings. The molecule has 2 aliphatic rings. The molecule has 3 rings (SSSR count). The zero-order valence-electron chi connectivity index (χ0n) is 23.2. The molecule has 1 atom stereocenters. The van der Waals surface area contributed by atoms with Gasteiger partial charge in [-0.3, -0.25) is 14.6 Å². The van der Waals surface area contributed by atoms with Crippen LogP contribution in [-0.2, 0) is 16.0 Å². The second-order valence-electron chi connectivity index (χ2n) is 10.7. The number of carbonyl (C=O) groups excluding carboxylic acids is 2. The van der Waals surface area contributed by atoms with Crippen molar-refractivity contribution in [3.05, 3.63) is 23.8 Å². The zero-order chi connectivity index (χ0) is 26.5. The zero-order valence-corrected chi connectivity index (χ0v) is 23.2. The van der Waals surface area contributed by atoms with E-state index in [0.29, 0.717) is 35.6 Å². The van der Waals surface area contributed by atoms with Crippen LogP contribution in [0.15, 0.2) is 23.2 Å². The summed E-state index contributed by atoms with van der Waals surface area (Å²) in [4.78, 5) is 31.2. The molecule has 2 N–H and O–H groups in total. The second kappa shape index (κ2) is 15.6. The fourth-order valence-electron chi connectivity index (χ4n) is 5.68. The van der Waals surface area contributed by atoms with Crippen LogP contribution in [0.25, 0.3) is 0 Å². The van der Waals surface area contributed by atoms with E-state index in [2.05, 4.69) is 17.6 Å². The van der Waals surface area contributed by atoms with Gasteiger partial charge in [0.1, 0.15) is 11.9 Å². The van der Waals surface area contributed by atoms with Gasteiger partial charge in [0.05, 0.1) is 20.6 Å². The second-order valence-corrected chi connectivity index (χ2v) is 10.7. The quantitative estimate of drug-likeness (QED) is 0.281. The summed E-state index contributed by atoms with van der Waals surface area (Å²) in [5.41, 5.74) is 0.829. The molecule has 2 amide bonds. The number of rotatable bonds is 12. The van der Waals surface area contributed by atoms with Crippen molar-refractivity contribution < 1.29 is 19.1 Å². The van der Waals surface area contributed by atoms with Crippen LogP contribution in [0, 0.1) is 11.8 Å². The van der Waals surface area contributed by atoms with Crippen LogP contribution in [0.1, 0.15) is 96.0 Å². The predicted molar refractivity (Wildman–Crippen MR) is 148 cm³/mol. The van der Waals surface area contributed by atoms with E-state index in [0.717, 1.165) is 37.8 Å². The highest BCUT2D eigenvalue weighted by molar-refractivity contribution is 6.00. The van der Waals surface area contributed by atoms with E-state index in [1.165, 1.54) is 51.4 Å². The molecule has 0 heterocycles. The van der Waals surface area contributed by atoms with Crippen LogP contribution in [0.5, 0.6) is 11.5 Å². The molecule has 0 aliphatic heterocycles. The monoisotopic (exact) mass is 513 g/mol. The van der Waals surface area contributed by atoms with Crippen molar-refractivity contribution in [2.45, 2.75) is 103 Å². The molecular formula is C30H47N3O4. The molecule has 7 heteroatoms. The first-order valence-electron chi connectivity index (χ1n) is 14.4. The number of carbonyl (C=O) groups is 2. The van der Waals surface area contributed by atoms with E-state index in [1.54, 1.807) is 20.3 Å². The first kappa shape index (κ1) is 29.0. The van der Waals surface area contributed by atoms with Crippen LogP contribution < -0.4 is 20.1 Å². The van der Waals surface area contributed by atoms with E-state index >= 15 is 0 Å². The minimum Gasteiger partial charge on any atom is -0.493 e. The normalized spacial score (nSPS) is 18.2. The third-order valence-electron chi connectivity index (χ3n) is 7.77. The Bertz CT molecular complexity index is 889. The number of amidine groups is 1. The highest BCUT2D eigenvalue weighted by atomic mass is 16.5. The van der Waals surface area contributed by atoms with Gasteiger partial charge < -0.3 is 20.1 Å². The molecule has 2 aliphatic carbocycles. The van der Waals surface area contributed by atoms with Crippen LogP contribution in [0.3, 0.4) is 0 Å². The van der Waals surface area contributed by atoms with Gasteiger partial charge in [-0.15, -0.1) is 0 Å². The van der Waals surface area contributed by atoms with Gasteiger partial charge in [0, 0.05) is 13.0 Å². The number of amides is 2. The number of ether oxygens (including phenoxy) is 2. The summed E-state index contributed by atoms with van der Waals surface area (Å²) in [6, 6.07) is 5.04. The summed E-state index contributed by atoms with van der Waals surface area (Å²) in [6.45, 7) is 2.81. The first-order valence-corrected chi connectivity index (χ1v) is 14.4. The van der Waals surface area contributed by atoms with Gasteiger partial charge in [-0.25, -0.2) is 0 Å². The average Bonchev–Trinajstić information content (AvgIpc) is 2.92. The fourth-order valence-corrected chi connectivity index (χ4v) is 5.68. The SMILES string of the molecule is CCCC(=NC(CC1CCCCC1)C(=O)NCC1CCCCC1)NC(=O)Cc1ccc(OC)c(OC)c1. The molecule has 1 aromatic carbocycles. The maximum atomic E-state index is 13.4. The Morgan fingerprint density at radius 2 is 1.59 bits per heavy atom. The van der Waals surface area contributed by atoms with Gasteiger partial charge in [0.15, 0.2) is 11.5 Å². The Morgan fingerprint density at radius 1 is 0.946 bits per heavy atom. The van der Waals surface area contributed by atoms with Gasteiger partial charge in [-0.1, -0.05) is 64.4 Å². The number of nitrogens with zero attached hydrogens (tertiary/aromatic N) is 1. The Hall–Kier alpha value is -2.57. The van der Waals surface area contributed by atoms with Crippen LogP contribution in [0.4, 0.5) is 0 Å². The van der Waals surface area contributed by atoms with E-state index < -0.39 is 6.04 Å². The molecule has 0 saturated heterocycles. The number of aliphatic imine (C=N–C) groups is 1. The molecule has 1 aromatic rings. The Balaban J connectivity index is 1.68. The molecule has 0 spiro atoms. The summed E-state index contributed by atoms with van der Waals surface area (Å²) in [7, 11) is 3.17. The fraction of sp³-hybridized carbons (Fsp3) is 0.700. The van der Waals surface area contributed by atoms with Crippen molar-refractivity contribution in [2.75, 3.05) is 20.8 Å². The average molecular weight is 514 g/mol. The topological polar surface area (TPSA) is 89.0 Å². The lowest BCUT2D eigenvalue weighted by Crippen LogP contribution is -2.40. The maximum absolute atomic E-state index is 13.4. The number of hydrogen-bond donors (Lipinski definition) is 2. The summed E-state index contributed by atoms with van der Waals surface area (Å²) >= 11 is 0. The predicted octanol–water partition coefficient (Wildman–Crippen LogP) is 5.60. The molecular weight excluding hydrogens is 466 g/mol. The first-order chi connectivity index (χ1) is 18.0. The van der Waals surface area contributed by atoms with Gasteiger partial charge in [-0.2, -0.15) is 0 Å². The Kier molecular flexibility index (Phi) is 12.2. The summed E-state index contributed by atoms with van der Waals surface area (Å²) in [5.74, 6) is 2.81. The van der Waals surface area contributed by atoms with Crippen molar-refractivity contribution in [1.82, 2.24) is 10.6 Å². The maximum Gasteiger partial charge on any atom is 0.244 e. The molecule has 206 valence electrons. The van der Waals surface area contributed by atoms with Crippen molar-refractivity contribution >= 4 is 17.6 Å². The molecule has 37 heavy (non-hydrogen) atoms. The molecule has 1 unspecified atom stereocenters. The van der Waals surface area contributed by atoms with Gasteiger partial charge in [0.2, 0.25) is 11.8 Å². The third kappa shape index (κ3) is 9.67. The lowest BCUT2D eigenvalue weighted by Gasteiger charge is -2.26. The number of benzene rings is 1. The smallest absolute Gasteiger partial charge is 0.244 e. The van der Waals surface area contributed by atoms with Crippen molar-refractivity contribution in [1.29, 1.82) is 0 Å². The van der Waals surface area contributed by atoms with Crippen LogP contribution in [0.2, 0.25) is 0 Å². The largest absolute Gasteiger partial charge is 0.493 e. The lowest BCUT2D eigenvalue weighted by atomic mass is 9.84. The highest BCUT2D eigenvalue weighted by Gasteiger charge is 2.26. The van der Waals surface area contributed by atoms with Gasteiger partial charge in [0.25, 0.3) is 0 Å². The summed E-state index contributed by atoms with van der Waals surface area (Å²) < 4.78 is 10.7. The van der Waals surface area contributed by atoms with Gasteiger partial charge in [-0.05, 0) is 55.2 Å². The minimum atomic E-state index is -0.449. The van der Waals surface area contributed by atoms with Crippen molar-refractivity contribution in [2.24, 2.45) is 16.8 Å². The molecule has 2 saturated carbocycles. The van der Waals surface area contributed by atoms with Crippen LogP contribution >= 0.6 is 0 Å². The minimum absolute atomic E-state index is 0.0129. The number of nitrogens with one attached hydrogen (secondary N) is 2. The molecule has 0 radical (unpaired) electrons.